The number of carbonyl (C=O) groups is 4. The minimum Gasteiger partial charge on any atom is -0.481 e. The Hall–Kier alpha value is -2.38. The predicted octanol–water partition coefficient (Wildman–Crippen LogP) is 8.36. The van der Waals surface area contributed by atoms with Gasteiger partial charge in [-0.15, -0.1) is 0 Å². The second-order valence-corrected chi connectivity index (χ2v) is 17.7. The van der Waals surface area contributed by atoms with Gasteiger partial charge in [-0.3, -0.25) is 19.2 Å². The van der Waals surface area contributed by atoms with Crippen LogP contribution < -0.4 is 0 Å². The fraction of sp³-hybridized carbons (Fsp3) is 0.850. The lowest BCUT2D eigenvalue weighted by molar-refractivity contribution is -0.162. The SMILES string of the molecule is CC(C)CCC[C@@H](C)C1CC[C@H]2[C@@H]3CC=C4C[C@@H](OC(=O)CN(CC(=O)OC(C)(C)C)C(=O)CCCC(=O)O)CC[C@]4(C)[C@H]3CC[C@]12C. The summed E-state index contributed by atoms with van der Waals surface area (Å²) in [5.74, 6) is 2.01. The molecule has 8 heteroatoms. The summed E-state index contributed by atoms with van der Waals surface area (Å²) in [6, 6.07) is 0. The first kappa shape index (κ1) is 38.4. The van der Waals surface area contributed by atoms with Gasteiger partial charge in [-0.25, -0.2) is 0 Å². The number of carbonyl (C=O) groups excluding carboxylic acids is 3. The second-order valence-electron chi connectivity index (χ2n) is 17.7. The van der Waals surface area contributed by atoms with E-state index in [1.165, 1.54) is 50.5 Å². The summed E-state index contributed by atoms with van der Waals surface area (Å²) in [7, 11) is 0. The summed E-state index contributed by atoms with van der Waals surface area (Å²) in [6.45, 7) is 16.8. The van der Waals surface area contributed by atoms with E-state index >= 15 is 0 Å². The van der Waals surface area contributed by atoms with E-state index in [0.717, 1.165) is 60.2 Å². The highest BCUT2D eigenvalue weighted by atomic mass is 16.6. The van der Waals surface area contributed by atoms with Crippen molar-refractivity contribution in [1.82, 2.24) is 4.90 Å². The highest BCUT2D eigenvalue weighted by Gasteiger charge is 2.59. The molecular formula is C40H65NO7. The molecule has 1 unspecified atom stereocenters. The van der Waals surface area contributed by atoms with Gasteiger partial charge >= 0.3 is 17.9 Å². The average Bonchev–Trinajstić information content (AvgIpc) is 3.33. The van der Waals surface area contributed by atoms with Crippen LogP contribution in [0.2, 0.25) is 0 Å². The molecule has 0 aromatic carbocycles. The van der Waals surface area contributed by atoms with Gasteiger partial charge in [0.25, 0.3) is 0 Å². The Morgan fingerprint density at radius 1 is 0.917 bits per heavy atom. The van der Waals surface area contributed by atoms with Crippen molar-refractivity contribution in [3.63, 3.8) is 0 Å². The van der Waals surface area contributed by atoms with Gasteiger partial charge in [-0.05, 0) is 118 Å². The highest BCUT2D eigenvalue weighted by Crippen LogP contribution is 2.67. The normalized spacial score (nSPS) is 31.9. The van der Waals surface area contributed by atoms with Crippen LogP contribution in [0.25, 0.3) is 0 Å². The number of hydrogen-bond donors (Lipinski definition) is 1. The number of esters is 2. The van der Waals surface area contributed by atoms with Crippen LogP contribution in [-0.4, -0.2) is 58.6 Å². The fourth-order valence-electron chi connectivity index (χ4n) is 10.4. The van der Waals surface area contributed by atoms with Crippen LogP contribution in [-0.2, 0) is 28.7 Å². The van der Waals surface area contributed by atoms with Gasteiger partial charge < -0.3 is 19.5 Å². The van der Waals surface area contributed by atoms with Crippen molar-refractivity contribution in [3.8, 4) is 0 Å². The number of carboxylic acids is 1. The molecule has 272 valence electrons. The van der Waals surface area contributed by atoms with Gasteiger partial charge in [-0.1, -0.05) is 65.5 Å². The molecule has 0 bridgehead atoms. The smallest absolute Gasteiger partial charge is 0.326 e. The van der Waals surface area contributed by atoms with Gasteiger partial charge in [0.2, 0.25) is 5.91 Å². The maximum atomic E-state index is 13.2. The third-order valence-corrected chi connectivity index (χ3v) is 12.8. The van der Waals surface area contributed by atoms with Gasteiger partial charge in [0, 0.05) is 19.3 Å². The summed E-state index contributed by atoms with van der Waals surface area (Å²) in [4.78, 5) is 50.8. The van der Waals surface area contributed by atoms with E-state index < -0.39 is 29.4 Å². The maximum Gasteiger partial charge on any atom is 0.326 e. The number of allylic oxidation sites excluding steroid dienone is 1. The zero-order chi connectivity index (χ0) is 35.4. The predicted molar refractivity (Wildman–Crippen MR) is 187 cm³/mol. The summed E-state index contributed by atoms with van der Waals surface area (Å²) in [5.41, 5.74) is 1.28. The third kappa shape index (κ3) is 9.24. The number of amides is 1. The highest BCUT2D eigenvalue weighted by molar-refractivity contribution is 5.86. The number of rotatable bonds is 14. The lowest BCUT2D eigenvalue weighted by Gasteiger charge is -2.58. The zero-order valence-electron chi connectivity index (χ0n) is 31.3. The van der Waals surface area contributed by atoms with Crippen LogP contribution in [0.4, 0.5) is 0 Å². The summed E-state index contributed by atoms with van der Waals surface area (Å²) >= 11 is 0. The molecule has 8 atom stereocenters. The topological polar surface area (TPSA) is 110 Å². The largest absolute Gasteiger partial charge is 0.481 e. The number of fused-ring (bicyclic) bond motifs is 5. The van der Waals surface area contributed by atoms with Crippen molar-refractivity contribution in [2.45, 2.75) is 157 Å². The van der Waals surface area contributed by atoms with Crippen molar-refractivity contribution in [1.29, 1.82) is 0 Å². The average molecular weight is 672 g/mol. The summed E-state index contributed by atoms with van der Waals surface area (Å²) < 4.78 is 11.4. The zero-order valence-corrected chi connectivity index (χ0v) is 31.3. The Kier molecular flexibility index (Phi) is 12.5. The van der Waals surface area contributed by atoms with Crippen molar-refractivity contribution in [2.75, 3.05) is 13.1 Å². The molecule has 0 heterocycles. The monoisotopic (exact) mass is 671 g/mol. The van der Waals surface area contributed by atoms with E-state index in [9.17, 15) is 19.2 Å². The van der Waals surface area contributed by atoms with Crippen LogP contribution in [0.5, 0.6) is 0 Å². The summed E-state index contributed by atoms with van der Waals surface area (Å²) in [6.07, 6.45) is 15.2. The molecule has 0 radical (unpaired) electrons. The van der Waals surface area contributed by atoms with Crippen molar-refractivity contribution < 1.29 is 33.8 Å². The van der Waals surface area contributed by atoms with Crippen LogP contribution in [0.15, 0.2) is 11.6 Å². The van der Waals surface area contributed by atoms with Crippen LogP contribution in [0.3, 0.4) is 0 Å². The van der Waals surface area contributed by atoms with E-state index in [1.807, 2.05) is 0 Å². The quantitative estimate of drug-likeness (QED) is 0.146. The lowest BCUT2D eigenvalue weighted by Crippen LogP contribution is -2.51. The number of ether oxygens (including phenoxy) is 2. The Morgan fingerprint density at radius 3 is 2.29 bits per heavy atom. The first-order chi connectivity index (χ1) is 22.4. The number of nitrogens with zero attached hydrogens (tertiary/aromatic N) is 1. The third-order valence-electron chi connectivity index (χ3n) is 12.8. The minimum absolute atomic E-state index is 0.0720. The molecule has 0 spiro atoms. The lowest BCUT2D eigenvalue weighted by atomic mass is 9.47. The van der Waals surface area contributed by atoms with E-state index in [4.69, 9.17) is 14.6 Å². The number of hydrogen-bond acceptors (Lipinski definition) is 6. The van der Waals surface area contributed by atoms with E-state index in [0.29, 0.717) is 11.3 Å². The van der Waals surface area contributed by atoms with E-state index in [1.54, 1.807) is 20.8 Å². The molecule has 48 heavy (non-hydrogen) atoms. The summed E-state index contributed by atoms with van der Waals surface area (Å²) in [5, 5.41) is 8.97. The van der Waals surface area contributed by atoms with Gasteiger partial charge in [0.15, 0.2) is 0 Å². The Bertz CT molecular complexity index is 1200. The minimum atomic E-state index is -0.995. The molecule has 4 rings (SSSR count). The Morgan fingerprint density at radius 2 is 1.62 bits per heavy atom. The van der Waals surface area contributed by atoms with Crippen LogP contribution >= 0.6 is 0 Å². The Balaban J connectivity index is 1.37. The van der Waals surface area contributed by atoms with Gasteiger partial charge in [-0.2, -0.15) is 0 Å². The molecule has 0 aromatic heterocycles. The molecule has 0 aliphatic heterocycles. The van der Waals surface area contributed by atoms with E-state index in [2.05, 4.69) is 40.7 Å². The second kappa shape index (κ2) is 15.7. The Labute approximate surface area is 290 Å². The van der Waals surface area contributed by atoms with Crippen molar-refractivity contribution in [3.05, 3.63) is 11.6 Å². The molecule has 8 nitrogen and oxygen atoms in total. The molecule has 1 amide bonds. The first-order valence-corrected chi connectivity index (χ1v) is 19.0. The molecule has 3 fully saturated rings. The molecule has 4 aliphatic carbocycles. The van der Waals surface area contributed by atoms with Crippen molar-refractivity contribution in [2.24, 2.45) is 46.3 Å². The first-order valence-electron chi connectivity index (χ1n) is 19.0. The molecule has 0 saturated heterocycles. The molecule has 3 saturated carbocycles. The molecular weight excluding hydrogens is 606 g/mol. The van der Waals surface area contributed by atoms with Gasteiger partial charge in [0.1, 0.15) is 24.8 Å². The fourth-order valence-corrected chi connectivity index (χ4v) is 10.4. The van der Waals surface area contributed by atoms with Crippen molar-refractivity contribution >= 4 is 23.8 Å². The maximum absolute atomic E-state index is 13.2. The molecule has 1 N–H and O–H groups in total. The van der Waals surface area contributed by atoms with Crippen LogP contribution in [0, 0.1) is 46.3 Å². The number of carboxylic acid groups (broad SMARTS) is 1. The van der Waals surface area contributed by atoms with Gasteiger partial charge in [0.05, 0.1) is 0 Å². The van der Waals surface area contributed by atoms with Crippen LogP contribution in [0.1, 0.15) is 145 Å². The molecule has 0 aromatic rings. The molecule has 4 aliphatic rings. The number of aliphatic carboxylic acids is 1. The standard InChI is InChI=1S/C40H65NO7/c1-26(2)11-9-12-27(3)31-17-18-32-30-16-15-28-23-29(19-21-39(28,7)33(30)20-22-40(31,32)8)47-36(45)24-41(25-37(46)48-38(4,5)6)34(42)13-10-14-35(43)44/h15,26-27,29-33H,9-14,16-25H2,1-8H3,(H,43,44)/t27-,29+,30+,31?,32+,33+,39+,40-/m1/s1. The van der Waals surface area contributed by atoms with E-state index in [-0.39, 0.29) is 43.9 Å².